The van der Waals surface area contributed by atoms with E-state index in [4.69, 9.17) is 15.2 Å². The van der Waals surface area contributed by atoms with Crippen molar-refractivity contribution in [2.75, 3.05) is 38.7 Å². The van der Waals surface area contributed by atoms with Crippen LogP contribution in [0, 0.1) is 0 Å². The molecular formula is C23H25N5O3. The Hall–Kier alpha value is -3.39. The monoisotopic (exact) mass is 419 g/mol. The Bertz CT molecular complexity index is 1110. The van der Waals surface area contributed by atoms with Crippen molar-refractivity contribution in [1.29, 1.82) is 0 Å². The van der Waals surface area contributed by atoms with Gasteiger partial charge >= 0.3 is 0 Å². The molecule has 1 amide bonds. The number of carbonyl (C=O) groups is 1. The van der Waals surface area contributed by atoms with Crippen molar-refractivity contribution in [1.82, 2.24) is 19.8 Å². The average molecular weight is 419 g/mol. The Balaban J connectivity index is 1.13. The molecule has 0 aliphatic carbocycles. The Labute approximate surface area is 180 Å². The summed E-state index contributed by atoms with van der Waals surface area (Å²) >= 11 is 0. The fourth-order valence-corrected chi connectivity index (χ4v) is 4.08. The Morgan fingerprint density at radius 3 is 2.68 bits per heavy atom. The first-order chi connectivity index (χ1) is 15.2. The van der Waals surface area contributed by atoms with Crippen molar-refractivity contribution in [3.8, 4) is 11.5 Å². The Morgan fingerprint density at radius 1 is 1.00 bits per heavy atom. The minimum Gasteiger partial charge on any atom is -0.454 e. The zero-order valence-corrected chi connectivity index (χ0v) is 17.3. The van der Waals surface area contributed by atoms with Crippen LogP contribution < -0.4 is 15.2 Å². The van der Waals surface area contributed by atoms with Crippen LogP contribution in [0.25, 0.3) is 10.9 Å². The quantitative estimate of drug-likeness (QED) is 0.678. The molecule has 31 heavy (non-hydrogen) atoms. The second-order valence-corrected chi connectivity index (χ2v) is 7.89. The third kappa shape index (κ3) is 4.25. The molecule has 3 heterocycles. The van der Waals surface area contributed by atoms with Crippen LogP contribution >= 0.6 is 0 Å². The zero-order chi connectivity index (χ0) is 21.2. The first kappa shape index (κ1) is 19.6. The summed E-state index contributed by atoms with van der Waals surface area (Å²) in [7, 11) is 0. The normalized spacial score (nSPS) is 16.1. The minimum absolute atomic E-state index is 0.184. The third-order valence-corrected chi connectivity index (χ3v) is 5.83. The molecule has 0 radical (unpaired) electrons. The van der Waals surface area contributed by atoms with Gasteiger partial charge in [-0.25, -0.2) is 9.97 Å². The number of fused-ring (bicyclic) bond motifs is 2. The molecule has 5 rings (SSSR count). The lowest BCUT2D eigenvalue weighted by Crippen LogP contribution is -2.48. The molecule has 2 aliphatic rings. The molecule has 1 fully saturated rings. The van der Waals surface area contributed by atoms with Gasteiger partial charge in [0, 0.05) is 38.0 Å². The molecule has 0 atom stereocenters. The van der Waals surface area contributed by atoms with Gasteiger partial charge in [0.25, 0.3) is 0 Å². The summed E-state index contributed by atoms with van der Waals surface area (Å²) in [5.74, 6) is 2.94. The average Bonchev–Trinajstić information content (AvgIpc) is 3.26. The SMILES string of the molecule is Nc1nc(CN2CCN(C(=O)CCc3ccc4c(c3)OCO4)CC2)nc2ccccc12. The highest BCUT2D eigenvalue weighted by molar-refractivity contribution is 5.87. The van der Waals surface area contributed by atoms with E-state index in [2.05, 4.69) is 14.9 Å². The van der Waals surface area contributed by atoms with E-state index in [0.29, 0.717) is 38.3 Å². The molecule has 160 valence electrons. The maximum Gasteiger partial charge on any atom is 0.231 e. The third-order valence-electron chi connectivity index (χ3n) is 5.83. The number of nitrogen functional groups attached to an aromatic ring is 1. The van der Waals surface area contributed by atoms with Gasteiger partial charge in [0.05, 0.1) is 12.1 Å². The van der Waals surface area contributed by atoms with Crippen LogP contribution in [0.2, 0.25) is 0 Å². The van der Waals surface area contributed by atoms with E-state index in [9.17, 15) is 4.79 Å². The molecule has 1 saturated heterocycles. The van der Waals surface area contributed by atoms with Crippen LogP contribution in [-0.2, 0) is 17.8 Å². The molecule has 2 aromatic carbocycles. The second-order valence-electron chi connectivity index (χ2n) is 7.89. The highest BCUT2D eigenvalue weighted by Gasteiger charge is 2.22. The number of aromatic nitrogens is 2. The van der Waals surface area contributed by atoms with E-state index in [1.165, 1.54) is 0 Å². The predicted molar refractivity (Wildman–Crippen MR) is 117 cm³/mol. The topological polar surface area (TPSA) is 93.8 Å². The molecule has 1 aromatic heterocycles. The van der Waals surface area contributed by atoms with E-state index in [-0.39, 0.29) is 12.7 Å². The van der Waals surface area contributed by atoms with Gasteiger partial charge in [0.15, 0.2) is 11.5 Å². The van der Waals surface area contributed by atoms with Crippen LogP contribution in [0.1, 0.15) is 17.8 Å². The number of hydrogen-bond donors (Lipinski definition) is 1. The minimum atomic E-state index is 0.184. The number of anilines is 1. The lowest BCUT2D eigenvalue weighted by Gasteiger charge is -2.34. The molecule has 3 aromatic rings. The van der Waals surface area contributed by atoms with E-state index in [0.717, 1.165) is 46.9 Å². The van der Waals surface area contributed by atoms with Gasteiger partial charge in [-0.2, -0.15) is 0 Å². The van der Waals surface area contributed by atoms with Gasteiger partial charge in [-0.05, 0) is 36.2 Å². The maximum atomic E-state index is 12.7. The fourth-order valence-electron chi connectivity index (χ4n) is 4.08. The number of nitrogens with zero attached hydrogens (tertiary/aromatic N) is 4. The van der Waals surface area contributed by atoms with Crippen LogP contribution in [-0.4, -0.2) is 58.6 Å². The lowest BCUT2D eigenvalue weighted by atomic mass is 10.1. The van der Waals surface area contributed by atoms with Gasteiger partial charge in [-0.15, -0.1) is 0 Å². The largest absolute Gasteiger partial charge is 0.454 e. The van der Waals surface area contributed by atoms with Crippen LogP contribution in [0.4, 0.5) is 5.82 Å². The molecule has 2 aliphatic heterocycles. The number of ether oxygens (including phenoxy) is 2. The van der Waals surface area contributed by atoms with Crippen LogP contribution in [0.5, 0.6) is 11.5 Å². The first-order valence-corrected chi connectivity index (χ1v) is 10.6. The maximum absolute atomic E-state index is 12.7. The zero-order valence-electron chi connectivity index (χ0n) is 17.3. The number of aryl methyl sites for hydroxylation is 1. The Kier molecular flexibility index (Phi) is 5.30. The van der Waals surface area contributed by atoms with E-state index < -0.39 is 0 Å². The van der Waals surface area contributed by atoms with Crippen molar-refractivity contribution in [2.24, 2.45) is 0 Å². The number of rotatable bonds is 5. The highest BCUT2D eigenvalue weighted by Crippen LogP contribution is 2.32. The number of hydrogen-bond acceptors (Lipinski definition) is 7. The highest BCUT2D eigenvalue weighted by atomic mass is 16.7. The molecule has 2 N–H and O–H groups in total. The molecule has 0 unspecified atom stereocenters. The van der Waals surface area contributed by atoms with Crippen molar-refractivity contribution in [3.05, 3.63) is 53.9 Å². The summed E-state index contributed by atoms with van der Waals surface area (Å²) < 4.78 is 10.7. The molecule has 0 saturated carbocycles. The van der Waals surface area contributed by atoms with Crippen molar-refractivity contribution in [3.63, 3.8) is 0 Å². The summed E-state index contributed by atoms with van der Waals surface area (Å²) in [5.41, 5.74) is 8.05. The van der Waals surface area contributed by atoms with E-state index >= 15 is 0 Å². The van der Waals surface area contributed by atoms with Crippen LogP contribution in [0.15, 0.2) is 42.5 Å². The van der Waals surface area contributed by atoms with E-state index in [1.54, 1.807) is 0 Å². The number of carbonyl (C=O) groups excluding carboxylic acids is 1. The second kappa shape index (κ2) is 8.39. The number of amides is 1. The Morgan fingerprint density at radius 2 is 1.81 bits per heavy atom. The van der Waals surface area contributed by atoms with Crippen molar-refractivity contribution >= 4 is 22.6 Å². The van der Waals surface area contributed by atoms with Gasteiger partial charge < -0.3 is 20.1 Å². The van der Waals surface area contributed by atoms with E-state index in [1.807, 2.05) is 47.4 Å². The standard InChI is InChI=1S/C23H25N5O3/c24-23-17-3-1-2-4-18(17)25-21(26-23)14-27-9-11-28(12-10-27)22(29)8-6-16-5-7-19-20(13-16)31-15-30-19/h1-5,7,13H,6,8-12,14-15H2,(H2,24,25,26). The summed E-state index contributed by atoms with van der Waals surface area (Å²) in [5, 5.41) is 0.879. The van der Waals surface area contributed by atoms with Crippen molar-refractivity contribution < 1.29 is 14.3 Å². The van der Waals surface area contributed by atoms with Gasteiger partial charge in [-0.3, -0.25) is 9.69 Å². The summed E-state index contributed by atoms with van der Waals surface area (Å²) in [6.45, 7) is 3.91. The molecule has 0 bridgehead atoms. The summed E-state index contributed by atoms with van der Waals surface area (Å²) in [4.78, 5) is 26.0. The summed E-state index contributed by atoms with van der Waals surface area (Å²) in [6.07, 6.45) is 1.18. The predicted octanol–water partition coefficient (Wildman–Crippen LogP) is 2.22. The fraction of sp³-hybridized carbons (Fsp3) is 0.348. The first-order valence-electron chi connectivity index (χ1n) is 10.6. The van der Waals surface area contributed by atoms with Gasteiger partial charge in [0.2, 0.25) is 12.7 Å². The number of benzene rings is 2. The van der Waals surface area contributed by atoms with Gasteiger partial charge in [-0.1, -0.05) is 18.2 Å². The molecule has 0 spiro atoms. The lowest BCUT2D eigenvalue weighted by molar-refractivity contribution is -0.133. The number of nitrogens with two attached hydrogens (primary N) is 1. The number of piperazine rings is 1. The van der Waals surface area contributed by atoms with Gasteiger partial charge in [0.1, 0.15) is 11.6 Å². The molecule has 8 nitrogen and oxygen atoms in total. The van der Waals surface area contributed by atoms with Crippen molar-refractivity contribution in [2.45, 2.75) is 19.4 Å². The molecule has 8 heteroatoms. The summed E-state index contributed by atoms with van der Waals surface area (Å²) in [6, 6.07) is 13.6. The van der Waals surface area contributed by atoms with Crippen LogP contribution in [0.3, 0.4) is 0 Å². The number of para-hydroxylation sites is 1. The smallest absolute Gasteiger partial charge is 0.231 e. The molecular weight excluding hydrogens is 394 g/mol.